The Morgan fingerprint density at radius 3 is 2.72 bits per heavy atom. The molecule has 0 radical (unpaired) electrons. The van der Waals surface area contributed by atoms with E-state index in [2.05, 4.69) is 15.1 Å². The van der Waals surface area contributed by atoms with Crippen LogP contribution in [0.4, 0.5) is 16.4 Å². The number of hydrogen-bond donors (Lipinski definition) is 2. The van der Waals surface area contributed by atoms with Gasteiger partial charge in [0.15, 0.2) is 11.4 Å². The molecule has 13 heteroatoms. The third kappa shape index (κ3) is 5.20. The average Bonchev–Trinajstić information content (AvgIpc) is 3.52. The lowest BCUT2D eigenvalue weighted by Crippen LogP contribution is -2.53. The maximum Gasteiger partial charge on any atom is 0.407 e. The van der Waals surface area contributed by atoms with Crippen LogP contribution in [0.1, 0.15) is 51.1 Å². The molecule has 3 aromatic heterocycles. The number of likely N-dealkylation sites (tertiary alicyclic amines) is 1. The number of anilines is 2. The van der Waals surface area contributed by atoms with Crippen LogP contribution < -0.4 is 10.5 Å². The minimum atomic E-state index is -0.940. The highest BCUT2D eigenvalue weighted by molar-refractivity contribution is 6.42. The number of aromatic nitrogens is 5. The molecule has 0 saturated carbocycles. The Balaban J connectivity index is 1.41. The van der Waals surface area contributed by atoms with E-state index in [1.165, 1.54) is 22.0 Å². The molecular weight excluding hydrogens is 545 g/mol. The SMILES string of the molecule is CN(c1ccc(Cl)c(Cl)c1)c1nc2cnn(Cc3coc(C4CCCN(C(=O)O)C4C(C)(C)C)n3)c2c(=O)[nH]1. The second-order valence-corrected chi connectivity index (χ2v) is 11.6. The van der Waals surface area contributed by atoms with E-state index in [1.807, 2.05) is 20.8 Å². The topological polar surface area (TPSA) is 133 Å². The van der Waals surface area contributed by atoms with Gasteiger partial charge in [-0.2, -0.15) is 5.10 Å². The zero-order valence-electron chi connectivity index (χ0n) is 22.0. The number of piperidine rings is 1. The lowest BCUT2D eigenvalue weighted by molar-refractivity contribution is 0.0394. The van der Waals surface area contributed by atoms with Gasteiger partial charge < -0.3 is 19.3 Å². The summed E-state index contributed by atoms with van der Waals surface area (Å²) in [4.78, 5) is 40.3. The van der Waals surface area contributed by atoms with Gasteiger partial charge in [0.25, 0.3) is 5.56 Å². The lowest BCUT2D eigenvalue weighted by atomic mass is 9.74. The molecule has 1 aliphatic heterocycles. The van der Waals surface area contributed by atoms with Crippen LogP contribution in [-0.2, 0) is 6.54 Å². The second-order valence-electron chi connectivity index (χ2n) is 10.8. The van der Waals surface area contributed by atoms with Crippen LogP contribution >= 0.6 is 23.2 Å². The number of carboxylic acid groups (broad SMARTS) is 1. The molecule has 4 heterocycles. The quantitative estimate of drug-likeness (QED) is 0.319. The van der Waals surface area contributed by atoms with Crippen LogP contribution in [0.25, 0.3) is 11.0 Å². The average molecular weight is 574 g/mol. The molecule has 11 nitrogen and oxygen atoms in total. The number of fused-ring (bicyclic) bond motifs is 1. The number of H-pyrrole nitrogens is 1. The minimum Gasteiger partial charge on any atom is -0.465 e. The highest BCUT2D eigenvalue weighted by Crippen LogP contribution is 2.41. The molecule has 1 aliphatic rings. The fraction of sp³-hybridized carbons (Fsp3) is 0.423. The predicted octanol–water partition coefficient (Wildman–Crippen LogP) is 5.50. The summed E-state index contributed by atoms with van der Waals surface area (Å²) in [6, 6.07) is 4.85. The summed E-state index contributed by atoms with van der Waals surface area (Å²) in [5.74, 6) is 0.634. The number of benzene rings is 1. The Labute approximate surface area is 234 Å². The number of rotatable bonds is 5. The van der Waals surface area contributed by atoms with E-state index in [9.17, 15) is 14.7 Å². The smallest absolute Gasteiger partial charge is 0.407 e. The third-order valence-electron chi connectivity index (χ3n) is 7.06. The number of oxazole rings is 1. The van der Waals surface area contributed by atoms with Crippen molar-refractivity contribution in [1.29, 1.82) is 0 Å². The maximum atomic E-state index is 13.1. The number of amides is 1. The summed E-state index contributed by atoms with van der Waals surface area (Å²) in [6.07, 6.45) is 3.63. The fourth-order valence-corrected chi connectivity index (χ4v) is 5.64. The number of halogens is 2. The maximum absolute atomic E-state index is 13.1. The summed E-state index contributed by atoms with van der Waals surface area (Å²) in [6.45, 7) is 6.75. The molecule has 1 saturated heterocycles. The summed E-state index contributed by atoms with van der Waals surface area (Å²) in [7, 11) is 1.76. The zero-order chi connectivity index (χ0) is 28.1. The van der Waals surface area contributed by atoms with Gasteiger partial charge in [-0.05, 0) is 36.5 Å². The van der Waals surface area contributed by atoms with Crippen molar-refractivity contribution in [1.82, 2.24) is 29.6 Å². The molecule has 0 aliphatic carbocycles. The van der Waals surface area contributed by atoms with Crippen molar-refractivity contribution in [3.8, 4) is 0 Å². The molecule has 1 aromatic carbocycles. The van der Waals surface area contributed by atoms with Gasteiger partial charge in [0.2, 0.25) is 5.95 Å². The first-order chi connectivity index (χ1) is 18.4. The Kier molecular flexibility index (Phi) is 7.06. The summed E-state index contributed by atoms with van der Waals surface area (Å²) in [5.41, 5.74) is 1.32. The van der Waals surface area contributed by atoms with Crippen molar-refractivity contribution >= 4 is 52.0 Å². The third-order valence-corrected chi connectivity index (χ3v) is 7.80. The molecule has 1 fully saturated rings. The van der Waals surface area contributed by atoms with E-state index in [1.54, 1.807) is 30.1 Å². The van der Waals surface area contributed by atoms with Crippen LogP contribution in [0.2, 0.25) is 10.0 Å². The molecule has 4 aromatic rings. The van der Waals surface area contributed by atoms with Gasteiger partial charge >= 0.3 is 6.09 Å². The van der Waals surface area contributed by atoms with Crippen LogP contribution in [0, 0.1) is 5.41 Å². The molecular formula is C26H29Cl2N7O4. The largest absolute Gasteiger partial charge is 0.465 e. The number of nitrogens with zero attached hydrogens (tertiary/aromatic N) is 6. The van der Waals surface area contributed by atoms with Gasteiger partial charge in [-0.1, -0.05) is 44.0 Å². The molecule has 2 N–H and O–H groups in total. The lowest BCUT2D eigenvalue weighted by Gasteiger charge is -2.45. The number of nitrogens with one attached hydrogen (secondary N) is 1. The van der Waals surface area contributed by atoms with Crippen molar-refractivity contribution in [2.45, 2.75) is 52.1 Å². The molecule has 2 unspecified atom stereocenters. The Morgan fingerprint density at radius 1 is 1.26 bits per heavy atom. The van der Waals surface area contributed by atoms with E-state index in [0.29, 0.717) is 50.8 Å². The Bertz CT molecular complexity index is 1590. The summed E-state index contributed by atoms with van der Waals surface area (Å²) >= 11 is 12.2. The van der Waals surface area contributed by atoms with Gasteiger partial charge in [-0.15, -0.1) is 0 Å². The van der Waals surface area contributed by atoms with Crippen LogP contribution in [0.5, 0.6) is 0 Å². The molecule has 206 valence electrons. The molecule has 2 atom stereocenters. The van der Waals surface area contributed by atoms with E-state index in [-0.39, 0.29) is 29.5 Å². The minimum absolute atomic E-state index is 0.178. The number of hydrogen-bond acceptors (Lipinski definition) is 7. The number of aromatic amines is 1. The van der Waals surface area contributed by atoms with Crippen LogP contribution in [0.3, 0.4) is 0 Å². The zero-order valence-corrected chi connectivity index (χ0v) is 23.5. The van der Waals surface area contributed by atoms with Crippen molar-refractivity contribution in [2.75, 3.05) is 18.5 Å². The molecule has 1 amide bonds. The van der Waals surface area contributed by atoms with Gasteiger partial charge in [0.05, 0.1) is 34.7 Å². The van der Waals surface area contributed by atoms with Crippen molar-refractivity contribution in [3.63, 3.8) is 0 Å². The van der Waals surface area contributed by atoms with Crippen LogP contribution in [-0.4, -0.2) is 60.5 Å². The first-order valence-electron chi connectivity index (χ1n) is 12.5. The first kappa shape index (κ1) is 27.0. The normalized spacial score (nSPS) is 18.1. The van der Waals surface area contributed by atoms with E-state index in [4.69, 9.17) is 32.6 Å². The van der Waals surface area contributed by atoms with Crippen molar-refractivity contribution in [2.24, 2.45) is 5.41 Å². The predicted molar refractivity (Wildman–Crippen MR) is 148 cm³/mol. The summed E-state index contributed by atoms with van der Waals surface area (Å²) in [5, 5.41) is 15.0. The van der Waals surface area contributed by atoms with Crippen LogP contribution in [0.15, 0.2) is 39.9 Å². The molecule has 39 heavy (non-hydrogen) atoms. The van der Waals surface area contributed by atoms with E-state index >= 15 is 0 Å². The first-order valence-corrected chi connectivity index (χ1v) is 13.3. The highest BCUT2D eigenvalue weighted by atomic mass is 35.5. The second kappa shape index (κ2) is 10.2. The molecule has 0 bridgehead atoms. The standard InChI is InChI=1S/C26H29Cl2N7O4/c1-26(2,3)21-16(6-5-9-34(21)25(37)38)23-30-14(13-39-23)12-35-20-19(11-29-35)31-24(32-22(20)36)33(4)15-7-8-17(27)18(28)10-15/h7-8,10-11,13,16,21H,5-6,9,12H2,1-4H3,(H,37,38)(H,31,32,36). The molecule has 0 spiro atoms. The monoisotopic (exact) mass is 573 g/mol. The fourth-order valence-electron chi connectivity index (χ4n) is 5.35. The molecule has 5 rings (SSSR count). The van der Waals surface area contributed by atoms with E-state index < -0.39 is 6.09 Å². The van der Waals surface area contributed by atoms with E-state index in [0.717, 1.165) is 12.8 Å². The van der Waals surface area contributed by atoms with Crippen molar-refractivity contribution < 1.29 is 14.3 Å². The Morgan fingerprint density at radius 2 is 2.03 bits per heavy atom. The highest BCUT2D eigenvalue weighted by Gasteiger charge is 2.44. The van der Waals surface area contributed by atoms with Gasteiger partial charge in [0.1, 0.15) is 17.5 Å². The number of carbonyl (C=O) groups is 1. The van der Waals surface area contributed by atoms with Crippen molar-refractivity contribution in [3.05, 3.63) is 62.6 Å². The Hall–Kier alpha value is -3.57. The van der Waals surface area contributed by atoms with Gasteiger partial charge in [-0.3, -0.25) is 14.5 Å². The summed E-state index contributed by atoms with van der Waals surface area (Å²) < 4.78 is 7.39. The van der Waals surface area contributed by atoms with Gasteiger partial charge in [0, 0.05) is 19.3 Å². The van der Waals surface area contributed by atoms with Gasteiger partial charge in [-0.25, -0.2) is 14.8 Å².